The van der Waals surface area contributed by atoms with E-state index >= 15 is 0 Å². The van der Waals surface area contributed by atoms with Crippen molar-refractivity contribution in [3.63, 3.8) is 0 Å². The Hall–Kier alpha value is -3.32. The number of carbonyl (C=O) groups is 1. The lowest BCUT2D eigenvalue weighted by atomic mass is 10.0. The van der Waals surface area contributed by atoms with Crippen LogP contribution in [0.15, 0.2) is 60.0 Å². The maximum Gasteiger partial charge on any atom is 0.254 e. The van der Waals surface area contributed by atoms with Crippen molar-refractivity contribution in [1.29, 1.82) is 0 Å². The minimum atomic E-state index is -0.152. The van der Waals surface area contributed by atoms with Crippen molar-refractivity contribution >= 4 is 17.2 Å². The molecule has 2 aromatic heterocycles. The average molecular weight is 416 g/mol. The highest BCUT2D eigenvalue weighted by Gasteiger charge is 2.32. The Balaban J connectivity index is 1.38. The van der Waals surface area contributed by atoms with Crippen molar-refractivity contribution in [2.75, 3.05) is 6.54 Å². The summed E-state index contributed by atoms with van der Waals surface area (Å²) >= 11 is 1.60. The lowest BCUT2D eigenvalue weighted by molar-refractivity contribution is 0.0638. The summed E-state index contributed by atoms with van der Waals surface area (Å²) in [6.45, 7) is 5.26. The Bertz CT molecular complexity index is 1200. The van der Waals surface area contributed by atoms with Crippen LogP contribution in [-0.2, 0) is 6.54 Å². The van der Waals surface area contributed by atoms with Crippen LogP contribution in [0.4, 0.5) is 0 Å². The fourth-order valence-electron chi connectivity index (χ4n) is 3.92. The molecule has 3 heterocycles. The summed E-state index contributed by atoms with van der Waals surface area (Å²) in [5.41, 5.74) is 3.77. The first-order valence-corrected chi connectivity index (χ1v) is 10.8. The average Bonchev–Trinajstić information content (AvgIpc) is 3.41. The van der Waals surface area contributed by atoms with E-state index in [1.807, 2.05) is 66.6 Å². The van der Waals surface area contributed by atoms with Crippen LogP contribution in [0.25, 0.3) is 22.6 Å². The van der Waals surface area contributed by atoms with Crippen LogP contribution in [0, 0.1) is 6.92 Å². The molecule has 6 nitrogen and oxygen atoms in total. The molecule has 1 aliphatic rings. The van der Waals surface area contributed by atoms with E-state index in [0.717, 1.165) is 33.5 Å². The molecule has 2 aromatic carbocycles. The first-order chi connectivity index (χ1) is 14.6. The summed E-state index contributed by atoms with van der Waals surface area (Å²) in [6, 6.07) is 17.8. The number of carbonyl (C=O) groups excluding carboxylic acids is 1. The minimum Gasteiger partial charge on any atom is -0.327 e. The molecule has 0 fully saturated rings. The van der Waals surface area contributed by atoms with Crippen molar-refractivity contribution in [2.45, 2.75) is 26.4 Å². The maximum atomic E-state index is 13.2. The monoisotopic (exact) mass is 415 g/mol. The van der Waals surface area contributed by atoms with Gasteiger partial charge in [0.1, 0.15) is 5.69 Å². The molecule has 4 aromatic rings. The molecule has 1 aliphatic heterocycles. The molecular formula is C23H21N5OS. The first-order valence-electron chi connectivity index (χ1n) is 9.94. The van der Waals surface area contributed by atoms with E-state index in [1.54, 1.807) is 11.3 Å². The molecule has 5 rings (SSSR count). The fraction of sp³-hybridized carbons (Fsp3) is 0.217. The zero-order valence-electron chi connectivity index (χ0n) is 16.8. The Labute approximate surface area is 178 Å². The molecular weight excluding hydrogens is 394 g/mol. The topological polar surface area (TPSA) is 63.9 Å². The third kappa shape index (κ3) is 3.21. The summed E-state index contributed by atoms with van der Waals surface area (Å²) in [6.07, 6.45) is 0. The standard InChI is InChI=1S/C23H21N5OS/c1-15-21-25-26-22(20-14-30-16(2)24-20)28(21)13-12-27(15)23(29)19-10-8-18(9-11-19)17-6-4-3-5-7-17/h3-11,14-15H,12-13H2,1-2H3. The van der Waals surface area contributed by atoms with Gasteiger partial charge in [0.25, 0.3) is 5.91 Å². The molecule has 1 amide bonds. The molecule has 0 spiro atoms. The third-order valence-corrected chi connectivity index (χ3v) is 6.31. The van der Waals surface area contributed by atoms with Crippen molar-refractivity contribution in [3.05, 3.63) is 76.4 Å². The van der Waals surface area contributed by atoms with E-state index in [0.29, 0.717) is 18.7 Å². The minimum absolute atomic E-state index is 0.0161. The van der Waals surface area contributed by atoms with Gasteiger partial charge in [-0.1, -0.05) is 42.5 Å². The maximum absolute atomic E-state index is 13.2. The number of rotatable bonds is 3. The Kier molecular flexibility index (Phi) is 4.67. The summed E-state index contributed by atoms with van der Waals surface area (Å²) in [4.78, 5) is 19.6. The molecule has 7 heteroatoms. The molecule has 150 valence electrons. The van der Waals surface area contributed by atoms with Crippen LogP contribution in [0.5, 0.6) is 0 Å². The second-order valence-corrected chi connectivity index (χ2v) is 8.47. The number of thiazole rings is 1. The van der Waals surface area contributed by atoms with E-state index in [2.05, 4.69) is 31.9 Å². The van der Waals surface area contributed by atoms with E-state index < -0.39 is 0 Å². The zero-order chi connectivity index (χ0) is 20.7. The van der Waals surface area contributed by atoms with E-state index in [4.69, 9.17) is 0 Å². The van der Waals surface area contributed by atoms with E-state index in [1.165, 1.54) is 0 Å². The number of hydrogen-bond acceptors (Lipinski definition) is 5. The molecule has 0 saturated heterocycles. The zero-order valence-corrected chi connectivity index (χ0v) is 17.6. The second kappa shape index (κ2) is 7.50. The highest BCUT2D eigenvalue weighted by Crippen LogP contribution is 2.30. The molecule has 30 heavy (non-hydrogen) atoms. The van der Waals surface area contributed by atoms with Crippen LogP contribution in [0.2, 0.25) is 0 Å². The second-order valence-electron chi connectivity index (χ2n) is 7.40. The summed E-state index contributed by atoms with van der Waals surface area (Å²) in [5.74, 6) is 1.60. The van der Waals surface area contributed by atoms with Gasteiger partial charge in [-0.3, -0.25) is 4.79 Å². The predicted molar refractivity (Wildman–Crippen MR) is 117 cm³/mol. The van der Waals surface area contributed by atoms with Gasteiger partial charge >= 0.3 is 0 Å². The summed E-state index contributed by atoms with van der Waals surface area (Å²) in [7, 11) is 0. The van der Waals surface area contributed by atoms with Crippen LogP contribution in [0.3, 0.4) is 0 Å². The largest absolute Gasteiger partial charge is 0.327 e. The Morgan fingerprint density at radius 3 is 2.43 bits per heavy atom. The van der Waals surface area contributed by atoms with Gasteiger partial charge in [0, 0.05) is 24.0 Å². The number of nitrogens with zero attached hydrogens (tertiary/aromatic N) is 5. The van der Waals surface area contributed by atoms with Crippen LogP contribution < -0.4 is 0 Å². The number of amides is 1. The van der Waals surface area contributed by atoms with Gasteiger partial charge in [0.05, 0.1) is 11.0 Å². The van der Waals surface area contributed by atoms with E-state index in [9.17, 15) is 4.79 Å². The van der Waals surface area contributed by atoms with Gasteiger partial charge in [-0.25, -0.2) is 4.98 Å². The molecule has 0 N–H and O–H groups in total. The number of aryl methyl sites for hydroxylation is 1. The van der Waals surface area contributed by atoms with Crippen molar-refractivity contribution < 1.29 is 4.79 Å². The number of aromatic nitrogens is 4. The summed E-state index contributed by atoms with van der Waals surface area (Å²) < 4.78 is 2.08. The molecule has 1 unspecified atom stereocenters. The highest BCUT2D eigenvalue weighted by molar-refractivity contribution is 7.09. The number of hydrogen-bond donors (Lipinski definition) is 0. The first kappa shape index (κ1) is 18.7. The SMILES string of the molecule is Cc1nc(-c2nnc3n2CCN(C(=O)c2ccc(-c4ccccc4)cc2)C3C)cs1. The van der Waals surface area contributed by atoms with Gasteiger partial charge in [-0.15, -0.1) is 21.5 Å². The molecule has 0 aliphatic carbocycles. The van der Waals surface area contributed by atoms with Gasteiger partial charge in [-0.2, -0.15) is 0 Å². The highest BCUT2D eigenvalue weighted by atomic mass is 32.1. The third-order valence-electron chi connectivity index (χ3n) is 5.53. The fourth-order valence-corrected chi connectivity index (χ4v) is 4.51. The lowest BCUT2D eigenvalue weighted by Crippen LogP contribution is -2.41. The predicted octanol–water partition coefficient (Wildman–Crippen LogP) is 4.59. The summed E-state index contributed by atoms with van der Waals surface area (Å²) in [5, 5.41) is 11.8. The molecule has 0 saturated carbocycles. The molecule has 0 bridgehead atoms. The molecule has 0 radical (unpaired) electrons. The number of benzene rings is 2. The molecule has 1 atom stereocenters. The quantitative estimate of drug-likeness (QED) is 0.491. The van der Waals surface area contributed by atoms with Crippen LogP contribution in [-0.4, -0.2) is 37.1 Å². The smallest absolute Gasteiger partial charge is 0.254 e. The van der Waals surface area contributed by atoms with Crippen LogP contribution >= 0.6 is 11.3 Å². The van der Waals surface area contributed by atoms with Crippen molar-refractivity contribution in [3.8, 4) is 22.6 Å². The normalized spacial score (nSPS) is 15.8. The van der Waals surface area contributed by atoms with Crippen LogP contribution in [0.1, 0.15) is 34.2 Å². The van der Waals surface area contributed by atoms with Gasteiger partial charge in [0.15, 0.2) is 11.6 Å². The Morgan fingerprint density at radius 1 is 1.00 bits per heavy atom. The van der Waals surface area contributed by atoms with Gasteiger partial charge in [-0.05, 0) is 37.1 Å². The number of fused-ring (bicyclic) bond motifs is 1. The Morgan fingerprint density at radius 2 is 1.73 bits per heavy atom. The van der Waals surface area contributed by atoms with Gasteiger partial charge < -0.3 is 9.47 Å². The van der Waals surface area contributed by atoms with Crippen molar-refractivity contribution in [2.24, 2.45) is 0 Å². The van der Waals surface area contributed by atoms with Gasteiger partial charge in [0.2, 0.25) is 0 Å². The lowest BCUT2D eigenvalue weighted by Gasteiger charge is -2.33. The van der Waals surface area contributed by atoms with Crippen molar-refractivity contribution in [1.82, 2.24) is 24.6 Å². The van der Waals surface area contributed by atoms with E-state index in [-0.39, 0.29) is 11.9 Å².